The maximum atomic E-state index is 12.1. The molecule has 0 radical (unpaired) electrons. The molecule has 0 unspecified atom stereocenters. The second kappa shape index (κ2) is 6.42. The first-order valence-corrected chi connectivity index (χ1v) is 8.49. The number of carbonyl (C=O) groups is 2. The molecule has 1 aliphatic carbocycles. The number of aliphatic hydroxyl groups is 1. The zero-order valence-electron chi connectivity index (χ0n) is 14.6. The van der Waals surface area contributed by atoms with Gasteiger partial charge in [0.25, 0.3) is 0 Å². The fourth-order valence-corrected chi connectivity index (χ4v) is 3.68. The van der Waals surface area contributed by atoms with E-state index in [4.69, 9.17) is 14.2 Å². The number of hydrogen-bond donors (Lipinski definition) is 1. The van der Waals surface area contributed by atoms with Gasteiger partial charge in [-0.2, -0.15) is 0 Å². The molecule has 3 rings (SSSR count). The van der Waals surface area contributed by atoms with E-state index in [1.165, 1.54) is 0 Å². The molecule has 2 heterocycles. The average Bonchev–Trinajstić information content (AvgIpc) is 3.13. The van der Waals surface area contributed by atoms with Gasteiger partial charge in [-0.15, -0.1) is 0 Å². The molecule has 136 valence electrons. The second-order valence-electron chi connectivity index (χ2n) is 7.26. The Hall–Kier alpha value is -1.92. The summed E-state index contributed by atoms with van der Waals surface area (Å²) in [5.41, 5.74) is 0.922. The molecule has 0 bridgehead atoms. The van der Waals surface area contributed by atoms with Crippen molar-refractivity contribution in [3.63, 3.8) is 0 Å². The fourth-order valence-electron chi connectivity index (χ4n) is 3.68. The molecular formula is C19H24O6. The molecule has 0 aromatic rings. The van der Waals surface area contributed by atoms with Crippen LogP contribution in [0.3, 0.4) is 0 Å². The lowest BCUT2D eigenvalue weighted by Gasteiger charge is -2.28. The topological polar surface area (TPSA) is 85.4 Å². The number of carbonyl (C=O) groups excluding carboxylic acids is 2. The van der Waals surface area contributed by atoms with Crippen molar-refractivity contribution < 1.29 is 28.9 Å². The van der Waals surface area contributed by atoms with Crippen molar-refractivity contribution in [2.45, 2.75) is 57.0 Å². The van der Waals surface area contributed by atoms with Crippen LogP contribution < -0.4 is 0 Å². The van der Waals surface area contributed by atoms with Crippen molar-refractivity contribution >= 4 is 11.9 Å². The Kier molecular flexibility index (Phi) is 4.60. The van der Waals surface area contributed by atoms with Gasteiger partial charge in [0.1, 0.15) is 18.3 Å². The van der Waals surface area contributed by atoms with Gasteiger partial charge in [0.2, 0.25) is 0 Å². The number of aliphatic hydroxyl groups excluding tert-OH is 1. The van der Waals surface area contributed by atoms with E-state index in [2.05, 4.69) is 13.2 Å². The lowest BCUT2D eigenvalue weighted by atomic mass is 9.82. The summed E-state index contributed by atoms with van der Waals surface area (Å²) in [4.78, 5) is 24.2. The van der Waals surface area contributed by atoms with E-state index in [1.807, 2.05) is 13.0 Å². The lowest BCUT2D eigenvalue weighted by Crippen LogP contribution is -2.38. The van der Waals surface area contributed by atoms with Gasteiger partial charge < -0.3 is 19.3 Å². The number of fused-ring (bicyclic) bond motifs is 3. The van der Waals surface area contributed by atoms with E-state index in [0.717, 1.165) is 18.4 Å². The first kappa shape index (κ1) is 17.9. The molecule has 3 aliphatic rings. The fraction of sp³-hybridized carbons (Fsp3) is 0.579. The normalized spacial score (nSPS) is 39.4. The number of esters is 2. The SMILES string of the molecule is C=C(C)C(=O)O[C@H]1C/C(CO)=C/CC[C@@]2(C)O[C@H]2[C@H]2OC(=O)C(=C)[C@@H]21. The summed E-state index contributed by atoms with van der Waals surface area (Å²) in [6.07, 6.45) is 2.32. The largest absolute Gasteiger partial charge is 0.458 e. The van der Waals surface area contributed by atoms with Crippen molar-refractivity contribution in [3.05, 3.63) is 36.0 Å². The highest BCUT2D eigenvalue weighted by atomic mass is 16.6. The highest BCUT2D eigenvalue weighted by Gasteiger charge is 2.63. The Morgan fingerprint density at radius 1 is 1.52 bits per heavy atom. The monoisotopic (exact) mass is 348 g/mol. The Balaban J connectivity index is 1.96. The molecule has 6 nitrogen and oxygen atoms in total. The molecule has 2 fully saturated rings. The molecular weight excluding hydrogens is 324 g/mol. The van der Waals surface area contributed by atoms with Gasteiger partial charge >= 0.3 is 11.9 Å². The van der Waals surface area contributed by atoms with E-state index in [9.17, 15) is 14.7 Å². The summed E-state index contributed by atoms with van der Waals surface area (Å²) in [5.74, 6) is -1.53. The van der Waals surface area contributed by atoms with Crippen molar-refractivity contribution in [2.75, 3.05) is 6.61 Å². The molecule has 25 heavy (non-hydrogen) atoms. The third kappa shape index (κ3) is 3.28. The first-order chi connectivity index (χ1) is 11.8. The van der Waals surface area contributed by atoms with Crippen LogP contribution in [-0.4, -0.2) is 47.6 Å². The minimum absolute atomic E-state index is 0.138. The van der Waals surface area contributed by atoms with Gasteiger partial charge in [-0.3, -0.25) is 0 Å². The number of rotatable bonds is 3. The van der Waals surface area contributed by atoms with E-state index in [1.54, 1.807) is 6.92 Å². The van der Waals surface area contributed by atoms with E-state index < -0.39 is 30.1 Å². The predicted octanol–water partition coefficient (Wildman–Crippen LogP) is 1.83. The summed E-state index contributed by atoms with van der Waals surface area (Å²) < 4.78 is 17.0. The summed E-state index contributed by atoms with van der Waals surface area (Å²) in [6.45, 7) is 10.9. The van der Waals surface area contributed by atoms with Gasteiger partial charge in [0.05, 0.1) is 18.1 Å². The minimum atomic E-state index is -0.668. The Bertz CT molecular complexity index is 663. The first-order valence-electron chi connectivity index (χ1n) is 8.49. The van der Waals surface area contributed by atoms with Crippen LogP contribution in [0.25, 0.3) is 0 Å². The van der Waals surface area contributed by atoms with E-state index in [0.29, 0.717) is 6.42 Å². The van der Waals surface area contributed by atoms with Gasteiger partial charge in [-0.1, -0.05) is 19.2 Å². The lowest BCUT2D eigenvalue weighted by molar-refractivity contribution is -0.148. The minimum Gasteiger partial charge on any atom is -0.458 e. The maximum absolute atomic E-state index is 12.1. The maximum Gasteiger partial charge on any atom is 0.334 e. The van der Waals surface area contributed by atoms with Crippen LogP contribution >= 0.6 is 0 Å². The Morgan fingerprint density at radius 2 is 2.24 bits per heavy atom. The van der Waals surface area contributed by atoms with Crippen LogP contribution in [0.2, 0.25) is 0 Å². The summed E-state index contributed by atoms with van der Waals surface area (Å²) in [7, 11) is 0. The zero-order valence-corrected chi connectivity index (χ0v) is 14.6. The third-order valence-corrected chi connectivity index (χ3v) is 5.25. The van der Waals surface area contributed by atoms with E-state index in [-0.39, 0.29) is 29.5 Å². The molecule has 5 atom stereocenters. The Morgan fingerprint density at radius 3 is 2.88 bits per heavy atom. The van der Waals surface area contributed by atoms with E-state index >= 15 is 0 Å². The quantitative estimate of drug-likeness (QED) is 0.362. The molecule has 0 spiro atoms. The van der Waals surface area contributed by atoms with Crippen molar-refractivity contribution in [1.29, 1.82) is 0 Å². The summed E-state index contributed by atoms with van der Waals surface area (Å²) in [6, 6.07) is 0. The number of allylic oxidation sites excluding steroid dienone is 1. The number of hydrogen-bond acceptors (Lipinski definition) is 6. The van der Waals surface area contributed by atoms with Crippen LogP contribution in [0.4, 0.5) is 0 Å². The van der Waals surface area contributed by atoms with Crippen LogP contribution in [0, 0.1) is 5.92 Å². The number of ether oxygens (including phenoxy) is 3. The molecule has 0 saturated carbocycles. The van der Waals surface area contributed by atoms with Crippen LogP contribution in [-0.2, 0) is 23.8 Å². The summed E-state index contributed by atoms with van der Waals surface area (Å²) >= 11 is 0. The van der Waals surface area contributed by atoms with Crippen LogP contribution in [0.1, 0.15) is 33.1 Å². The molecule has 6 heteroatoms. The van der Waals surface area contributed by atoms with Gasteiger partial charge in [-0.05, 0) is 32.3 Å². The molecule has 2 aliphatic heterocycles. The highest BCUT2D eigenvalue weighted by molar-refractivity contribution is 5.91. The third-order valence-electron chi connectivity index (χ3n) is 5.25. The zero-order chi connectivity index (χ0) is 18.4. The van der Waals surface area contributed by atoms with Gasteiger partial charge in [0.15, 0.2) is 0 Å². The predicted molar refractivity (Wildman–Crippen MR) is 89.5 cm³/mol. The molecule has 0 aromatic heterocycles. The van der Waals surface area contributed by atoms with Crippen molar-refractivity contribution in [2.24, 2.45) is 5.92 Å². The summed E-state index contributed by atoms with van der Waals surface area (Å²) in [5, 5.41) is 9.65. The standard InChI is InChI=1S/C19H24O6/c1-10(2)17(21)23-13-8-12(9-20)6-5-7-19(4)16(25-19)15-14(13)11(3)18(22)24-15/h6,13-16,20H,1,3,5,7-9H2,2,4H3/b12-6-/t13-,14+,15-,16-,19+/m0/s1. The van der Waals surface area contributed by atoms with Crippen molar-refractivity contribution in [3.8, 4) is 0 Å². The second-order valence-corrected chi connectivity index (χ2v) is 7.26. The molecule has 2 saturated heterocycles. The van der Waals surface area contributed by atoms with Gasteiger partial charge in [-0.25, -0.2) is 9.59 Å². The number of epoxide rings is 1. The van der Waals surface area contributed by atoms with Crippen LogP contribution in [0.15, 0.2) is 36.0 Å². The van der Waals surface area contributed by atoms with Crippen molar-refractivity contribution in [1.82, 2.24) is 0 Å². The molecule has 0 amide bonds. The smallest absolute Gasteiger partial charge is 0.334 e. The van der Waals surface area contributed by atoms with Gasteiger partial charge in [0, 0.05) is 17.6 Å². The highest BCUT2D eigenvalue weighted by Crippen LogP contribution is 2.50. The average molecular weight is 348 g/mol. The Labute approximate surface area is 147 Å². The van der Waals surface area contributed by atoms with Crippen LogP contribution in [0.5, 0.6) is 0 Å². The molecule has 0 aromatic carbocycles. The molecule has 1 N–H and O–H groups in total.